The van der Waals surface area contributed by atoms with Gasteiger partial charge in [-0.25, -0.2) is 0 Å². The molecule has 16 heavy (non-hydrogen) atoms. The third-order valence-corrected chi connectivity index (χ3v) is 4.51. The molecule has 1 atom stereocenters. The summed E-state index contributed by atoms with van der Waals surface area (Å²) in [6.45, 7) is 2.81. The molecule has 2 rings (SSSR count). The summed E-state index contributed by atoms with van der Waals surface area (Å²) in [5, 5.41) is 13.5. The molecule has 0 saturated carbocycles. The summed E-state index contributed by atoms with van der Waals surface area (Å²) >= 11 is 1.83. The van der Waals surface area contributed by atoms with E-state index in [0.29, 0.717) is 6.54 Å². The van der Waals surface area contributed by atoms with Crippen LogP contribution in [0.1, 0.15) is 19.3 Å². The van der Waals surface area contributed by atoms with Crippen molar-refractivity contribution in [2.75, 3.05) is 38.2 Å². The Balaban J connectivity index is 1.83. The molecule has 0 radical (unpaired) electrons. The van der Waals surface area contributed by atoms with Crippen LogP contribution in [0.5, 0.6) is 0 Å². The Morgan fingerprint density at radius 2 is 2.25 bits per heavy atom. The van der Waals surface area contributed by atoms with Gasteiger partial charge >= 0.3 is 0 Å². The van der Waals surface area contributed by atoms with E-state index in [1.807, 2.05) is 18.8 Å². The number of aliphatic imine (C=N–C) groups is 1. The summed E-state index contributed by atoms with van der Waals surface area (Å²) in [5.74, 6) is 2.86. The summed E-state index contributed by atoms with van der Waals surface area (Å²) in [6, 6.07) is 0. The SMILES string of the molecule is CN=C(NCC1(O)CCSC1)N1CCCC1. The quantitative estimate of drug-likeness (QED) is 0.548. The average Bonchev–Trinajstić information content (AvgIpc) is 2.91. The minimum atomic E-state index is -0.527. The van der Waals surface area contributed by atoms with E-state index in [1.165, 1.54) is 12.8 Å². The van der Waals surface area contributed by atoms with E-state index >= 15 is 0 Å². The normalized spacial score (nSPS) is 31.1. The molecule has 0 spiro atoms. The molecule has 2 N–H and O–H groups in total. The van der Waals surface area contributed by atoms with Gasteiger partial charge in [0.1, 0.15) is 0 Å². The fourth-order valence-electron chi connectivity index (χ4n) is 2.24. The number of nitrogens with one attached hydrogen (secondary N) is 1. The predicted molar refractivity (Wildman–Crippen MR) is 69.1 cm³/mol. The lowest BCUT2D eigenvalue weighted by molar-refractivity contribution is 0.0718. The maximum absolute atomic E-state index is 10.2. The lowest BCUT2D eigenvalue weighted by Gasteiger charge is -2.26. The zero-order valence-corrected chi connectivity index (χ0v) is 10.7. The molecular formula is C11H21N3OS. The maximum atomic E-state index is 10.2. The Kier molecular flexibility index (Phi) is 3.97. The van der Waals surface area contributed by atoms with E-state index in [2.05, 4.69) is 15.2 Å². The Labute approximate surface area is 101 Å². The van der Waals surface area contributed by atoms with Crippen molar-refractivity contribution in [1.82, 2.24) is 10.2 Å². The maximum Gasteiger partial charge on any atom is 0.193 e. The first kappa shape index (κ1) is 12.0. The van der Waals surface area contributed by atoms with Gasteiger partial charge in [-0.05, 0) is 25.0 Å². The Bertz CT molecular complexity index is 258. The minimum absolute atomic E-state index is 0.527. The molecule has 0 aliphatic carbocycles. The zero-order chi connectivity index (χ0) is 11.4. The summed E-state index contributed by atoms with van der Waals surface area (Å²) in [6.07, 6.45) is 3.39. The first-order valence-electron chi connectivity index (χ1n) is 5.99. The van der Waals surface area contributed by atoms with Gasteiger partial charge in [-0.3, -0.25) is 4.99 Å². The van der Waals surface area contributed by atoms with E-state index < -0.39 is 5.60 Å². The summed E-state index contributed by atoms with van der Waals surface area (Å²) in [7, 11) is 1.81. The number of aliphatic hydroxyl groups is 1. The van der Waals surface area contributed by atoms with Crippen molar-refractivity contribution in [2.45, 2.75) is 24.9 Å². The number of nitrogens with zero attached hydrogens (tertiary/aromatic N) is 2. The number of thioether (sulfide) groups is 1. The molecule has 5 heteroatoms. The molecule has 1 unspecified atom stereocenters. The lowest BCUT2D eigenvalue weighted by Crippen LogP contribution is -2.48. The molecule has 0 bridgehead atoms. The van der Waals surface area contributed by atoms with Gasteiger partial charge in [-0.15, -0.1) is 0 Å². The third kappa shape index (κ3) is 2.83. The smallest absolute Gasteiger partial charge is 0.193 e. The highest BCUT2D eigenvalue weighted by Gasteiger charge is 2.32. The van der Waals surface area contributed by atoms with E-state index in [0.717, 1.165) is 37.0 Å². The van der Waals surface area contributed by atoms with Gasteiger partial charge in [0, 0.05) is 32.4 Å². The minimum Gasteiger partial charge on any atom is -0.387 e. The molecule has 0 aromatic rings. The molecule has 2 aliphatic heterocycles. The van der Waals surface area contributed by atoms with Crippen LogP contribution < -0.4 is 5.32 Å². The van der Waals surface area contributed by atoms with E-state index in [-0.39, 0.29) is 0 Å². The molecule has 2 saturated heterocycles. The standard InChI is InChI=1S/C11H21N3OS/c1-12-10(14-5-2-3-6-14)13-8-11(15)4-7-16-9-11/h15H,2-9H2,1H3,(H,12,13). The van der Waals surface area contributed by atoms with Crippen molar-refractivity contribution < 1.29 is 5.11 Å². The monoisotopic (exact) mass is 243 g/mol. The topological polar surface area (TPSA) is 47.9 Å². The molecule has 0 amide bonds. The van der Waals surface area contributed by atoms with Crippen LogP contribution in [0.3, 0.4) is 0 Å². The number of hydrogen-bond donors (Lipinski definition) is 2. The lowest BCUT2D eigenvalue weighted by atomic mass is 10.0. The molecule has 2 aliphatic rings. The van der Waals surface area contributed by atoms with E-state index in [9.17, 15) is 5.11 Å². The average molecular weight is 243 g/mol. The van der Waals surface area contributed by atoms with Crippen molar-refractivity contribution in [3.8, 4) is 0 Å². The van der Waals surface area contributed by atoms with Gasteiger partial charge < -0.3 is 15.3 Å². The van der Waals surface area contributed by atoms with Crippen LogP contribution >= 0.6 is 11.8 Å². The number of rotatable bonds is 2. The van der Waals surface area contributed by atoms with E-state index in [1.54, 1.807) is 0 Å². The fourth-order valence-corrected chi connectivity index (χ4v) is 3.54. The first-order chi connectivity index (χ1) is 7.73. The molecular weight excluding hydrogens is 222 g/mol. The summed E-state index contributed by atoms with van der Waals surface area (Å²) in [5.41, 5.74) is -0.527. The number of guanidine groups is 1. The molecule has 0 aromatic carbocycles. The van der Waals surface area contributed by atoms with Gasteiger partial charge in [0.2, 0.25) is 0 Å². The van der Waals surface area contributed by atoms with Crippen molar-refractivity contribution in [3.63, 3.8) is 0 Å². The zero-order valence-electron chi connectivity index (χ0n) is 9.91. The molecule has 4 nitrogen and oxygen atoms in total. The van der Waals surface area contributed by atoms with Gasteiger partial charge in [-0.1, -0.05) is 0 Å². The van der Waals surface area contributed by atoms with Crippen LogP contribution in [0.4, 0.5) is 0 Å². The number of hydrogen-bond acceptors (Lipinski definition) is 3. The highest BCUT2D eigenvalue weighted by molar-refractivity contribution is 7.99. The van der Waals surface area contributed by atoms with Crippen molar-refractivity contribution in [3.05, 3.63) is 0 Å². The van der Waals surface area contributed by atoms with E-state index in [4.69, 9.17) is 0 Å². The highest BCUT2D eigenvalue weighted by Crippen LogP contribution is 2.27. The largest absolute Gasteiger partial charge is 0.387 e. The fraction of sp³-hybridized carbons (Fsp3) is 0.909. The Morgan fingerprint density at radius 1 is 1.50 bits per heavy atom. The third-order valence-electron chi connectivity index (χ3n) is 3.28. The molecule has 2 heterocycles. The second-order valence-electron chi connectivity index (χ2n) is 4.62. The first-order valence-corrected chi connectivity index (χ1v) is 7.15. The molecule has 2 fully saturated rings. The van der Waals surface area contributed by atoms with Crippen LogP contribution in [0.2, 0.25) is 0 Å². The summed E-state index contributed by atoms with van der Waals surface area (Å²) in [4.78, 5) is 6.54. The Morgan fingerprint density at radius 3 is 2.81 bits per heavy atom. The Hall–Kier alpha value is -0.420. The number of likely N-dealkylation sites (tertiary alicyclic amines) is 1. The summed E-state index contributed by atoms with van der Waals surface area (Å²) < 4.78 is 0. The van der Waals surface area contributed by atoms with Crippen LogP contribution in [0.15, 0.2) is 4.99 Å². The predicted octanol–water partition coefficient (Wildman–Crippen LogP) is 0.526. The van der Waals surface area contributed by atoms with Crippen LogP contribution in [0.25, 0.3) is 0 Å². The van der Waals surface area contributed by atoms with Crippen LogP contribution in [-0.4, -0.2) is 59.8 Å². The van der Waals surface area contributed by atoms with Crippen LogP contribution in [0, 0.1) is 0 Å². The van der Waals surface area contributed by atoms with Crippen molar-refractivity contribution in [1.29, 1.82) is 0 Å². The van der Waals surface area contributed by atoms with Gasteiger partial charge in [0.05, 0.1) is 5.60 Å². The van der Waals surface area contributed by atoms with Crippen LogP contribution in [-0.2, 0) is 0 Å². The van der Waals surface area contributed by atoms with Crippen molar-refractivity contribution >= 4 is 17.7 Å². The second kappa shape index (κ2) is 5.27. The second-order valence-corrected chi connectivity index (χ2v) is 5.73. The van der Waals surface area contributed by atoms with Gasteiger partial charge in [0.25, 0.3) is 0 Å². The van der Waals surface area contributed by atoms with Gasteiger partial charge in [0.15, 0.2) is 5.96 Å². The molecule has 92 valence electrons. The van der Waals surface area contributed by atoms with Crippen molar-refractivity contribution in [2.24, 2.45) is 4.99 Å². The van der Waals surface area contributed by atoms with Gasteiger partial charge in [-0.2, -0.15) is 11.8 Å². The highest BCUT2D eigenvalue weighted by atomic mass is 32.2. The molecule has 0 aromatic heterocycles.